The molecule has 0 aliphatic carbocycles. The Balaban J connectivity index is 2.18. The van der Waals surface area contributed by atoms with Gasteiger partial charge in [-0.05, 0) is 58.2 Å². The first kappa shape index (κ1) is 15.3. The first-order chi connectivity index (χ1) is 9.49. The van der Waals surface area contributed by atoms with Gasteiger partial charge >= 0.3 is 0 Å². The van der Waals surface area contributed by atoms with Gasteiger partial charge in [0.2, 0.25) is 0 Å². The second kappa shape index (κ2) is 6.58. The van der Waals surface area contributed by atoms with Crippen LogP contribution in [0.3, 0.4) is 0 Å². The zero-order valence-electron chi connectivity index (χ0n) is 11.3. The Morgan fingerprint density at radius 1 is 1.35 bits per heavy atom. The summed E-state index contributed by atoms with van der Waals surface area (Å²) in [6.07, 6.45) is 0. The number of rotatable bonds is 4. The molecule has 2 N–H and O–H groups in total. The first-order valence-electron chi connectivity index (χ1n) is 6.32. The van der Waals surface area contributed by atoms with E-state index < -0.39 is 0 Å². The molecule has 1 aromatic carbocycles. The number of amides is 1. The molecule has 1 unspecified atom stereocenters. The van der Waals surface area contributed by atoms with Crippen LogP contribution < -0.4 is 5.32 Å². The lowest BCUT2D eigenvalue weighted by Gasteiger charge is -2.21. The van der Waals surface area contributed by atoms with Crippen LogP contribution in [0.5, 0.6) is 5.75 Å². The van der Waals surface area contributed by atoms with Gasteiger partial charge in [0, 0.05) is 10.4 Å². The van der Waals surface area contributed by atoms with Gasteiger partial charge in [0.1, 0.15) is 5.75 Å². The van der Waals surface area contributed by atoms with E-state index in [-0.39, 0.29) is 17.7 Å². The minimum absolute atomic E-state index is 0.0103. The third kappa shape index (κ3) is 3.52. The monoisotopic (exact) mass is 401 g/mol. The summed E-state index contributed by atoms with van der Waals surface area (Å²) in [6.45, 7) is 4.16. The van der Waals surface area contributed by atoms with Gasteiger partial charge in [0.05, 0.1) is 9.61 Å². The fourth-order valence-corrected chi connectivity index (χ4v) is 3.20. The van der Waals surface area contributed by atoms with Crippen molar-refractivity contribution in [1.29, 1.82) is 0 Å². The van der Waals surface area contributed by atoms with Gasteiger partial charge in [-0.2, -0.15) is 0 Å². The van der Waals surface area contributed by atoms with E-state index in [1.165, 1.54) is 6.07 Å². The SMILES string of the molecule is CC(C)C(NC(=O)c1ccc(I)c(O)c1)c1cccs1. The van der Waals surface area contributed by atoms with Gasteiger partial charge in [-0.1, -0.05) is 19.9 Å². The minimum Gasteiger partial charge on any atom is -0.507 e. The molecule has 1 heterocycles. The molecule has 20 heavy (non-hydrogen) atoms. The van der Waals surface area contributed by atoms with E-state index in [0.717, 1.165) is 8.45 Å². The fraction of sp³-hybridized carbons (Fsp3) is 0.267. The molecular formula is C15H16INO2S. The maximum Gasteiger partial charge on any atom is 0.251 e. The molecule has 2 aromatic rings. The van der Waals surface area contributed by atoms with Gasteiger partial charge in [0.15, 0.2) is 0 Å². The Hall–Kier alpha value is -1.08. The summed E-state index contributed by atoms with van der Waals surface area (Å²) in [4.78, 5) is 13.4. The summed E-state index contributed by atoms with van der Waals surface area (Å²) in [5.41, 5.74) is 0.477. The van der Waals surface area contributed by atoms with Crippen LogP contribution in [0.25, 0.3) is 0 Å². The largest absolute Gasteiger partial charge is 0.507 e. The predicted octanol–water partition coefficient (Wildman–Crippen LogP) is 4.19. The Morgan fingerprint density at radius 2 is 2.10 bits per heavy atom. The van der Waals surface area contributed by atoms with E-state index in [1.54, 1.807) is 23.5 Å². The van der Waals surface area contributed by atoms with Crippen LogP contribution in [-0.4, -0.2) is 11.0 Å². The number of phenolic OH excluding ortho intramolecular Hbond substituents is 1. The summed E-state index contributed by atoms with van der Waals surface area (Å²) < 4.78 is 0.734. The lowest BCUT2D eigenvalue weighted by Crippen LogP contribution is -2.31. The molecule has 0 bridgehead atoms. The number of aromatic hydroxyl groups is 1. The molecule has 2 rings (SSSR count). The molecule has 1 amide bonds. The highest BCUT2D eigenvalue weighted by Crippen LogP contribution is 2.27. The second-order valence-electron chi connectivity index (χ2n) is 4.88. The summed E-state index contributed by atoms with van der Waals surface area (Å²) in [5.74, 6) is 0.273. The van der Waals surface area contributed by atoms with E-state index in [0.29, 0.717) is 11.5 Å². The highest BCUT2D eigenvalue weighted by molar-refractivity contribution is 14.1. The molecule has 0 radical (unpaired) electrons. The van der Waals surface area contributed by atoms with Gasteiger partial charge in [-0.25, -0.2) is 0 Å². The quantitative estimate of drug-likeness (QED) is 0.756. The zero-order valence-corrected chi connectivity index (χ0v) is 14.2. The number of hydrogen-bond acceptors (Lipinski definition) is 3. The average Bonchev–Trinajstić information content (AvgIpc) is 2.92. The van der Waals surface area contributed by atoms with E-state index in [9.17, 15) is 9.90 Å². The molecule has 1 aromatic heterocycles. The van der Waals surface area contributed by atoms with Crippen LogP contribution in [0.2, 0.25) is 0 Å². The number of thiophene rings is 1. The third-order valence-electron chi connectivity index (χ3n) is 3.01. The van der Waals surface area contributed by atoms with E-state index in [4.69, 9.17) is 0 Å². The van der Waals surface area contributed by atoms with Crippen molar-refractivity contribution in [3.05, 3.63) is 49.7 Å². The van der Waals surface area contributed by atoms with Gasteiger partial charge in [-0.15, -0.1) is 11.3 Å². The second-order valence-corrected chi connectivity index (χ2v) is 7.02. The van der Waals surface area contributed by atoms with Crippen LogP contribution in [0, 0.1) is 9.49 Å². The highest BCUT2D eigenvalue weighted by atomic mass is 127. The fourth-order valence-electron chi connectivity index (χ4n) is 1.91. The molecule has 0 saturated heterocycles. The number of carbonyl (C=O) groups excluding carboxylic acids is 1. The summed E-state index contributed by atoms with van der Waals surface area (Å²) in [5, 5.41) is 14.7. The van der Waals surface area contributed by atoms with Crippen molar-refractivity contribution in [2.75, 3.05) is 0 Å². The molecular weight excluding hydrogens is 385 g/mol. The molecule has 0 aliphatic heterocycles. The topological polar surface area (TPSA) is 49.3 Å². The number of halogens is 1. The summed E-state index contributed by atoms with van der Waals surface area (Å²) in [6, 6.07) is 8.97. The van der Waals surface area contributed by atoms with E-state index in [2.05, 4.69) is 19.2 Å². The van der Waals surface area contributed by atoms with Crippen molar-refractivity contribution < 1.29 is 9.90 Å². The van der Waals surface area contributed by atoms with Crippen LogP contribution >= 0.6 is 33.9 Å². The van der Waals surface area contributed by atoms with Crippen molar-refractivity contribution >= 4 is 39.8 Å². The van der Waals surface area contributed by atoms with Gasteiger partial charge in [0.25, 0.3) is 5.91 Å². The molecule has 0 aliphatic rings. The normalized spacial score (nSPS) is 12.4. The minimum atomic E-state index is -0.163. The number of benzene rings is 1. The summed E-state index contributed by atoms with van der Waals surface area (Å²) >= 11 is 3.67. The average molecular weight is 401 g/mol. The van der Waals surface area contributed by atoms with Crippen molar-refractivity contribution in [1.82, 2.24) is 5.32 Å². The van der Waals surface area contributed by atoms with Crippen molar-refractivity contribution in [2.45, 2.75) is 19.9 Å². The summed E-state index contributed by atoms with van der Waals surface area (Å²) in [7, 11) is 0. The number of carbonyl (C=O) groups is 1. The van der Waals surface area contributed by atoms with Crippen LogP contribution in [0.4, 0.5) is 0 Å². The van der Waals surface area contributed by atoms with E-state index >= 15 is 0 Å². The molecule has 0 saturated carbocycles. The predicted molar refractivity (Wildman–Crippen MR) is 90.2 cm³/mol. The molecule has 0 fully saturated rings. The van der Waals surface area contributed by atoms with Crippen LogP contribution in [0.15, 0.2) is 35.7 Å². The van der Waals surface area contributed by atoms with Crippen molar-refractivity contribution in [3.8, 4) is 5.75 Å². The van der Waals surface area contributed by atoms with Crippen molar-refractivity contribution in [3.63, 3.8) is 0 Å². The maximum absolute atomic E-state index is 12.3. The molecule has 5 heteroatoms. The number of nitrogens with one attached hydrogen (secondary N) is 1. The Labute approximate surface area is 136 Å². The molecule has 1 atom stereocenters. The first-order valence-corrected chi connectivity index (χ1v) is 8.27. The van der Waals surface area contributed by atoms with E-state index in [1.807, 2.05) is 40.1 Å². The molecule has 0 spiro atoms. The molecule has 106 valence electrons. The van der Waals surface area contributed by atoms with Crippen LogP contribution in [-0.2, 0) is 0 Å². The number of hydrogen-bond donors (Lipinski definition) is 2. The smallest absolute Gasteiger partial charge is 0.251 e. The van der Waals surface area contributed by atoms with Gasteiger partial charge in [-0.3, -0.25) is 4.79 Å². The standard InChI is InChI=1S/C15H16INO2S/c1-9(2)14(13-4-3-7-20-13)17-15(19)10-5-6-11(16)12(18)8-10/h3-9,14,18H,1-2H3,(H,17,19). The third-order valence-corrected chi connectivity index (χ3v) is 4.88. The Morgan fingerprint density at radius 3 is 2.65 bits per heavy atom. The van der Waals surface area contributed by atoms with Crippen LogP contribution in [0.1, 0.15) is 35.1 Å². The zero-order chi connectivity index (χ0) is 14.7. The van der Waals surface area contributed by atoms with Gasteiger partial charge < -0.3 is 10.4 Å². The van der Waals surface area contributed by atoms with Crippen molar-refractivity contribution in [2.24, 2.45) is 5.92 Å². The highest BCUT2D eigenvalue weighted by Gasteiger charge is 2.20. The lowest BCUT2D eigenvalue weighted by atomic mass is 10.0. The molecule has 3 nitrogen and oxygen atoms in total. The number of phenols is 1. The lowest BCUT2D eigenvalue weighted by molar-refractivity contribution is 0.0926. The maximum atomic E-state index is 12.3. The Kier molecular flexibility index (Phi) is 5.04. The Bertz CT molecular complexity index is 596.